The van der Waals surface area contributed by atoms with Crippen molar-refractivity contribution in [3.8, 4) is 5.75 Å². The Balaban J connectivity index is 2.82. The second-order valence-corrected chi connectivity index (χ2v) is 5.49. The lowest BCUT2D eigenvalue weighted by Gasteiger charge is -2.20. The van der Waals surface area contributed by atoms with Gasteiger partial charge in [-0.1, -0.05) is 40.2 Å². The highest BCUT2D eigenvalue weighted by atomic mass is 16.5. The number of ether oxygens (including phenoxy) is 1. The Morgan fingerprint density at radius 1 is 1.12 bits per heavy atom. The lowest BCUT2D eigenvalue weighted by atomic mass is 9.86. The minimum absolute atomic E-state index is 0.189. The van der Waals surface area contributed by atoms with Gasteiger partial charge >= 0.3 is 0 Å². The molecule has 1 rings (SSSR count). The molecule has 0 saturated heterocycles. The number of rotatable bonds is 4. The van der Waals surface area contributed by atoms with Crippen LogP contribution < -0.4 is 4.74 Å². The van der Waals surface area contributed by atoms with Crippen LogP contribution in [0.3, 0.4) is 0 Å². The molecule has 0 fully saturated rings. The molecule has 0 aliphatic heterocycles. The molecule has 1 aromatic carbocycles. The van der Waals surface area contributed by atoms with E-state index in [0.29, 0.717) is 0 Å². The van der Waals surface area contributed by atoms with Crippen LogP contribution in [0.25, 0.3) is 0 Å². The Morgan fingerprint density at radius 3 is 2.38 bits per heavy atom. The average Bonchev–Trinajstić information content (AvgIpc) is 2.16. The SMILES string of the molecule is CCCCOc1cc(C)cc(C(C)(C)C)c1. The number of benzene rings is 1. The summed E-state index contributed by atoms with van der Waals surface area (Å²) in [4.78, 5) is 0. The van der Waals surface area contributed by atoms with E-state index in [0.717, 1.165) is 18.8 Å². The van der Waals surface area contributed by atoms with E-state index in [1.807, 2.05) is 0 Å². The second kappa shape index (κ2) is 5.38. The molecule has 0 heterocycles. The van der Waals surface area contributed by atoms with Crippen LogP contribution in [0, 0.1) is 6.92 Å². The smallest absolute Gasteiger partial charge is 0.119 e. The van der Waals surface area contributed by atoms with Crippen molar-refractivity contribution < 1.29 is 4.74 Å². The molecule has 0 spiro atoms. The zero-order valence-electron chi connectivity index (χ0n) is 11.3. The molecule has 0 unspecified atom stereocenters. The maximum Gasteiger partial charge on any atom is 0.119 e. The highest BCUT2D eigenvalue weighted by Crippen LogP contribution is 2.27. The Morgan fingerprint density at radius 2 is 1.81 bits per heavy atom. The quantitative estimate of drug-likeness (QED) is 0.680. The molecular formula is C15H24O. The van der Waals surface area contributed by atoms with Crippen molar-refractivity contribution in [3.05, 3.63) is 29.3 Å². The maximum absolute atomic E-state index is 5.76. The Bertz CT molecular complexity index is 334. The van der Waals surface area contributed by atoms with E-state index in [-0.39, 0.29) is 5.41 Å². The summed E-state index contributed by atoms with van der Waals surface area (Å²) in [6.45, 7) is 11.8. The number of hydrogen-bond donors (Lipinski definition) is 0. The molecule has 0 N–H and O–H groups in total. The third-order valence-electron chi connectivity index (χ3n) is 2.68. The average molecular weight is 220 g/mol. The standard InChI is InChI=1S/C15H24O/c1-6-7-8-16-14-10-12(2)9-13(11-14)15(3,4)5/h9-11H,6-8H2,1-5H3. The molecule has 0 amide bonds. The first-order valence-corrected chi connectivity index (χ1v) is 6.18. The molecule has 0 aliphatic carbocycles. The van der Waals surface area contributed by atoms with Gasteiger partial charge < -0.3 is 4.74 Å². The number of unbranched alkanes of at least 4 members (excludes halogenated alkanes) is 1. The van der Waals surface area contributed by atoms with Crippen molar-refractivity contribution in [1.82, 2.24) is 0 Å². The minimum atomic E-state index is 0.189. The second-order valence-electron chi connectivity index (χ2n) is 5.49. The van der Waals surface area contributed by atoms with Crippen molar-refractivity contribution in [2.75, 3.05) is 6.61 Å². The predicted molar refractivity (Wildman–Crippen MR) is 70.3 cm³/mol. The summed E-state index contributed by atoms with van der Waals surface area (Å²) >= 11 is 0. The number of aryl methyl sites for hydroxylation is 1. The molecule has 0 aliphatic rings. The molecule has 0 atom stereocenters. The number of hydrogen-bond acceptors (Lipinski definition) is 1. The summed E-state index contributed by atoms with van der Waals surface area (Å²) < 4.78 is 5.76. The third kappa shape index (κ3) is 3.88. The van der Waals surface area contributed by atoms with E-state index in [2.05, 4.69) is 52.8 Å². The summed E-state index contributed by atoms with van der Waals surface area (Å²) in [5.41, 5.74) is 2.81. The lowest BCUT2D eigenvalue weighted by molar-refractivity contribution is 0.308. The van der Waals surface area contributed by atoms with Crippen LogP contribution in [0.15, 0.2) is 18.2 Å². The monoisotopic (exact) mass is 220 g/mol. The van der Waals surface area contributed by atoms with Crippen LogP contribution in [0.2, 0.25) is 0 Å². The van der Waals surface area contributed by atoms with Gasteiger partial charge in [-0.05, 0) is 42.0 Å². The van der Waals surface area contributed by atoms with Gasteiger partial charge in [0.15, 0.2) is 0 Å². The van der Waals surface area contributed by atoms with E-state index < -0.39 is 0 Å². The van der Waals surface area contributed by atoms with Crippen molar-refractivity contribution >= 4 is 0 Å². The maximum atomic E-state index is 5.76. The highest BCUT2D eigenvalue weighted by molar-refractivity contribution is 5.37. The fourth-order valence-electron chi connectivity index (χ4n) is 1.60. The van der Waals surface area contributed by atoms with Crippen molar-refractivity contribution in [2.24, 2.45) is 0 Å². The van der Waals surface area contributed by atoms with Gasteiger partial charge in [0, 0.05) is 0 Å². The normalized spacial score (nSPS) is 11.6. The van der Waals surface area contributed by atoms with E-state index in [1.165, 1.54) is 17.5 Å². The Labute approximate surface area is 99.8 Å². The van der Waals surface area contributed by atoms with Gasteiger partial charge in [0.1, 0.15) is 5.75 Å². The van der Waals surface area contributed by atoms with Crippen LogP contribution in [0.5, 0.6) is 5.75 Å². The van der Waals surface area contributed by atoms with E-state index in [4.69, 9.17) is 4.74 Å². The molecule has 1 aromatic rings. The van der Waals surface area contributed by atoms with Gasteiger partial charge in [-0.2, -0.15) is 0 Å². The van der Waals surface area contributed by atoms with E-state index in [9.17, 15) is 0 Å². The van der Waals surface area contributed by atoms with Crippen molar-refractivity contribution in [1.29, 1.82) is 0 Å². The molecule has 0 radical (unpaired) electrons. The first-order chi connectivity index (χ1) is 7.43. The Kier molecular flexibility index (Phi) is 4.40. The largest absolute Gasteiger partial charge is 0.494 e. The molecule has 0 saturated carbocycles. The molecule has 16 heavy (non-hydrogen) atoms. The van der Waals surface area contributed by atoms with E-state index in [1.54, 1.807) is 0 Å². The summed E-state index contributed by atoms with van der Waals surface area (Å²) in [7, 11) is 0. The van der Waals surface area contributed by atoms with Crippen LogP contribution >= 0.6 is 0 Å². The molecule has 90 valence electrons. The summed E-state index contributed by atoms with van der Waals surface area (Å²) in [5, 5.41) is 0. The molecule has 1 heteroatoms. The van der Waals surface area contributed by atoms with Gasteiger partial charge in [0.2, 0.25) is 0 Å². The fourth-order valence-corrected chi connectivity index (χ4v) is 1.60. The van der Waals surface area contributed by atoms with Crippen LogP contribution in [0.1, 0.15) is 51.7 Å². The Hall–Kier alpha value is -0.980. The highest BCUT2D eigenvalue weighted by Gasteiger charge is 2.14. The summed E-state index contributed by atoms with van der Waals surface area (Å²) in [6, 6.07) is 6.53. The van der Waals surface area contributed by atoms with Gasteiger partial charge in [-0.15, -0.1) is 0 Å². The molecule has 1 nitrogen and oxygen atoms in total. The zero-order valence-corrected chi connectivity index (χ0v) is 11.3. The van der Waals surface area contributed by atoms with Crippen LogP contribution in [-0.2, 0) is 5.41 Å². The molecule has 0 bridgehead atoms. The van der Waals surface area contributed by atoms with Crippen molar-refractivity contribution in [3.63, 3.8) is 0 Å². The first-order valence-electron chi connectivity index (χ1n) is 6.18. The van der Waals surface area contributed by atoms with E-state index >= 15 is 0 Å². The lowest BCUT2D eigenvalue weighted by Crippen LogP contribution is -2.11. The summed E-state index contributed by atoms with van der Waals surface area (Å²) in [5.74, 6) is 1.01. The van der Waals surface area contributed by atoms with Gasteiger partial charge in [0.25, 0.3) is 0 Å². The van der Waals surface area contributed by atoms with Gasteiger partial charge in [-0.25, -0.2) is 0 Å². The van der Waals surface area contributed by atoms with Crippen LogP contribution in [0.4, 0.5) is 0 Å². The predicted octanol–water partition coefficient (Wildman–Crippen LogP) is 4.47. The first kappa shape index (κ1) is 13.1. The minimum Gasteiger partial charge on any atom is -0.494 e. The van der Waals surface area contributed by atoms with Gasteiger partial charge in [0.05, 0.1) is 6.61 Å². The van der Waals surface area contributed by atoms with Gasteiger partial charge in [-0.3, -0.25) is 0 Å². The topological polar surface area (TPSA) is 9.23 Å². The summed E-state index contributed by atoms with van der Waals surface area (Å²) in [6.07, 6.45) is 2.30. The van der Waals surface area contributed by atoms with Crippen molar-refractivity contribution in [2.45, 2.75) is 52.9 Å². The van der Waals surface area contributed by atoms with Crippen LogP contribution in [-0.4, -0.2) is 6.61 Å². The molecule has 0 aromatic heterocycles. The third-order valence-corrected chi connectivity index (χ3v) is 2.68. The molecular weight excluding hydrogens is 196 g/mol. The fraction of sp³-hybridized carbons (Fsp3) is 0.600. The zero-order chi connectivity index (χ0) is 12.2.